The maximum Gasteiger partial charge on any atom is 0.317 e. The highest BCUT2D eigenvalue weighted by Gasteiger charge is 2.45. The van der Waals surface area contributed by atoms with E-state index in [1.165, 1.54) is 16.7 Å². The quantitative estimate of drug-likeness (QED) is 0.901. The highest BCUT2D eigenvalue weighted by Crippen LogP contribution is 2.48. The Bertz CT molecular complexity index is 580. The molecule has 1 saturated carbocycles. The second-order valence-electron chi connectivity index (χ2n) is 7.15. The third-order valence-corrected chi connectivity index (χ3v) is 5.20. The molecule has 0 aromatic heterocycles. The first-order chi connectivity index (χ1) is 10.4. The Kier molecular flexibility index (Phi) is 3.89. The van der Waals surface area contributed by atoms with Crippen molar-refractivity contribution in [3.8, 4) is 0 Å². The molecular weight excluding hydrogens is 276 g/mol. The summed E-state index contributed by atoms with van der Waals surface area (Å²) >= 11 is 0. The maximum atomic E-state index is 12.3. The molecule has 2 amide bonds. The molecule has 2 aliphatic rings. The van der Waals surface area contributed by atoms with Gasteiger partial charge in [0.2, 0.25) is 0 Å². The Balaban J connectivity index is 1.65. The van der Waals surface area contributed by atoms with Crippen molar-refractivity contribution < 1.29 is 9.90 Å². The average Bonchev–Trinajstić information content (AvgIpc) is 3.15. The third-order valence-electron chi connectivity index (χ3n) is 5.20. The largest absolute Gasteiger partial charge is 0.391 e. The van der Waals surface area contributed by atoms with Crippen LogP contribution in [0.15, 0.2) is 18.2 Å². The summed E-state index contributed by atoms with van der Waals surface area (Å²) in [4.78, 5) is 14.1. The van der Waals surface area contributed by atoms with Gasteiger partial charge >= 0.3 is 6.03 Å². The van der Waals surface area contributed by atoms with Crippen LogP contribution >= 0.6 is 0 Å². The number of aryl methyl sites for hydroxylation is 2. The molecule has 1 heterocycles. The summed E-state index contributed by atoms with van der Waals surface area (Å²) in [6, 6.07) is 6.66. The van der Waals surface area contributed by atoms with E-state index in [9.17, 15) is 9.90 Å². The lowest BCUT2D eigenvalue weighted by atomic mass is 9.91. The number of nitrogens with one attached hydrogen (secondary N) is 1. The van der Waals surface area contributed by atoms with E-state index in [2.05, 4.69) is 37.4 Å². The van der Waals surface area contributed by atoms with Gasteiger partial charge in [-0.05, 0) is 51.2 Å². The number of carbonyl (C=O) groups excluding carboxylic acids is 1. The number of hydrogen-bond donors (Lipinski definition) is 2. The molecule has 1 aliphatic carbocycles. The summed E-state index contributed by atoms with van der Waals surface area (Å²) < 4.78 is 0. The van der Waals surface area contributed by atoms with E-state index in [1.807, 2.05) is 6.92 Å². The number of amides is 2. The molecule has 1 saturated heterocycles. The van der Waals surface area contributed by atoms with Gasteiger partial charge in [0, 0.05) is 24.5 Å². The Labute approximate surface area is 132 Å². The maximum absolute atomic E-state index is 12.3. The molecular formula is C18H26N2O2. The third kappa shape index (κ3) is 2.84. The van der Waals surface area contributed by atoms with Gasteiger partial charge in [-0.1, -0.05) is 23.8 Å². The first kappa shape index (κ1) is 15.3. The van der Waals surface area contributed by atoms with Crippen molar-refractivity contribution >= 4 is 6.03 Å². The summed E-state index contributed by atoms with van der Waals surface area (Å²) in [5.74, 6) is 0. The van der Waals surface area contributed by atoms with Gasteiger partial charge in [-0.15, -0.1) is 0 Å². The highest BCUT2D eigenvalue weighted by molar-refractivity contribution is 5.75. The molecule has 1 aliphatic heterocycles. The lowest BCUT2D eigenvalue weighted by Crippen LogP contribution is -2.44. The van der Waals surface area contributed by atoms with E-state index in [4.69, 9.17) is 0 Å². The average molecular weight is 302 g/mol. The molecule has 3 rings (SSSR count). The number of nitrogens with zero attached hydrogens (tertiary/aromatic N) is 1. The number of aliphatic hydroxyl groups excluding tert-OH is 1. The molecule has 22 heavy (non-hydrogen) atoms. The standard InChI is InChI=1S/C18H26N2O2/c1-12-4-5-16(13(2)8-12)18(6-7-18)11-19-17(22)20-10-15(21)9-14(20)3/h4-5,8,14-15,21H,6-7,9-11H2,1-3H3,(H,19,22). The summed E-state index contributed by atoms with van der Waals surface area (Å²) in [5.41, 5.74) is 4.08. The zero-order valence-corrected chi connectivity index (χ0v) is 13.7. The molecule has 2 unspecified atom stereocenters. The number of carbonyl (C=O) groups is 1. The first-order valence-corrected chi connectivity index (χ1v) is 8.21. The van der Waals surface area contributed by atoms with Crippen LogP contribution < -0.4 is 5.32 Å². The lowest BCUT2D eigenvalue weighted by molar-refractivity contribution is 0.169. The molecule has 1 aromatic rings. The van der Waals surface area contributed by atoms with E-state index < -0.39 is 0 Å². The topological polar surface area (TPSA) is 52.6 Å². The first-order valence-electron chi connectivity index (χ1n) is 8.21. The fraction of sp³-hybridized carbons (Fsp3) is 0.611. The van der Waals surface area contributed by atoms with Gasteiger partial charge in [-0.2, -0.15) is 0 Å². The fourth-order valence-corrected chi connectivity index (χ4v) is 3.73. The molecule has 0 bridgehead atoms. The summed E-state index contributed by atoms with van der Waals surface area (Å²) in [6.07, 6.45) is 2.57. The molecule has 4 heteroatoms. The number of β-amino-alcohol motifs (C(OH)–C–C–N with tert-alkyl or cyclic N) is 1. The minimum atomic E-state index is -0.380. The van der Waals surface area contributed by atoms with Crippen molar-refractivity contribution in [3.63, 3.8) is 0 Å². The molecule has 0 radical (unpaired) electrons. The summed E-state index contributed by atoms with van der Waals surface area (Å²) in [5, 5.41) is 12.8. The SMILES string of the molecule is Cc1ccc(C2(CNC(=O)N3CC(O)CC3C)CC2)c(C)c1. The van der Waals surface area contributed by atoms with Crippen LogP contribution in [0.3, 0.4) is 0 Å². The number of likely N-dealkylation sites (tertiary alicyclic amines) is 1. The zero-order chi connectivity index (χ0) is 15.9. The van der Waals surface area contributed by atoms with Crippen LogP contribution in [0, 0.1) is 13.8 Å². The fourth-order valence-electron chi connectivity index (χ4n) is 3.73. The Hall–Kier alpha value is -1.55. The smallest absolute Gasteiger partial charge is 0.317 e. The van der Waals surface area contributed by atoms with E-state index >= 15 is 0 Å². The Morgan fingerprint density at radius 1 is 1.41 bits per heavy atom. The molecule has 0 spiro atoms. The lowest BCUT2D eigenvalue weighted by Gasteiger charge is -2.25. The Morgan fingerprint density at radius 3 is 2.68 bits per heavy atom. The normalized spacial score (nSPS) is 26.1. The summed E-state index contributed by atoms with van der Waals surface area (Å²) in [6.45, 7) is 7.40. The van der Waals surface area contributed by atoms with Gasteiger partial charge < -0.3 is 15.3 Å². The van der Waals surface area contributed by atoms with E-state index in [0.29, 0.717) is 19.5 Å². The van der Waals surface area contributed by atoms with Crippen LogP contribution in [-0.2, 0) is 5.41 Å². The van der Waals surface area contributed by atoms with Crippen LogP contribution in [-0.4, -0.2) is 41.3 Å². The minimum absolute atomic E-state index is 0.0416. The second-order valence-corrected chi connectivity index (χ2v) is 7.15. The Morgan fingerprint density at radius 2 is 2.14 bits per heavy atom. The van der Waals surface area contributed by atoms with Gasteiger partial charge in [0.05, 0.1) is 6.10 Å². The predicted molar refractivity (Wildman–Crippen MR) is 87.0 cm³/mol. The second kappa shape index (κ2) is 5.58. The van der Waals surface area contributed by atoms with Crippen LogP contribution in [0.1, 0.15) is 42.9 Å². The van der Waals surface area contributed by atoms with E-state index in [0.717, 1.165) is 12.8 Å². The molecule has 2 atom stereocenters. The van der Waals surface area contributed by atoms with Crippen molar-refractivity contribution in [2.45, 2.75) is 57.6 Å². The molecule has 120 valence electrons. The minimum Gasteiger partial charge on any atom is -0.391 e. The van der Waals surface area contributed by atoms with Crippen LogP contribution in [0.25, 0.3) is 0 Å². The zero-order valence-electron chi connectivity index (χ0n) is 13.7. The number of urea groups is 1. The van der Waals surface area contributed by atoms with Gasteiger partial charge in [-0.25, -0.2) is 4.79 Å². The van der Waals surface area contributed by atoms with Crippen molar-refractivity contribution in [1.82, 2.24) is 10.2 Å². The molecule has 4 nitrogen and oxygen atoms in total. The van der Waals surface area contributed by atoms with Crippen molar-refractivity contribution in [2.24, 2.45) is 0 Å². The van der Waals surface area contributed by atoms with E-state index in [1.54, 1.807) is 4.90 Å². The molecule has 2 fully saturated rings. The van der Waals surface area contributed by atoms with Crippen LogP contribution in [0.5, 0.6) is 0 Å². The van der Waals surface area contributed by atoms with Gasteiger partial charge in [0.1, 0.15) is 0 Å². The van der Waals surface area contributed by atoms with Gasteiger partial charge in [0.25, 0.3) is 0 Å². The van der Waals surface area contributed by atoms with Gasteiger partial charge in [0.15, 0.2) is 0 Å². The monoisotopic (exact) mass is 302 g/mol. The van der Waals surface area contributed by atoms with Crippen LogP contribution in [0.4, 0.5) is 4.79 Å². The number of hydrogen-bond acceptors (Lipinski definition) is 2. The van der Waals surface area contributed by atoms with Gasteiger partial charge in [-0.3, -0.25) is 0 Å². The van der Waals surface area contributed by atoms with Crippen molar-refractivity contribution in [2.75, 3.05) is 13.1 Å². The van der Waals surface area contributed by atoms with Crippen molar-refractivity contribution in [3.05, 3.63) is 34.9 Å². The van der Waals surface area contributed by atoms with Crippen molar-refractivity contribution in [1.29, 1.82) is 0 Å². The molecule has 1 aromatic carbocycles. The van der Waals surface area contributed by atoms with Crippen LogP contribution in [0.2, 0.25) is 0 Å². The predicted octanol–water partition coefficient (Wildman–Crippen LogP) is 2.50. The number of benzene rings is 1. The summed E-state index contributed by atoms with van der Waals surface area (Å²) in [7, 11) is 0. The van der Waals surface area contributed by atoms with E-state index in [-0.39, 0.29) is 23.6 Å². The highest BCUT2D eigenvalue weighted by atomic mass is 16.3. The number of aliphatic hydroxyl groups is 1. The number of rotatable bonds is 3. The molecule has 2 N–H and O–H groups in total.